The smallest absolute Gasteiger partial charge is 0.0977 e. The fourth-order valence-corrected chi connectivity index (χ4v) is 3.25. The Labute approximate surface area is 120 Å². The van der Waals surface area contributed by atoms with Crippen LogP contribution in [0.5, 0.6) is 0 Å². The summed E-state index contributed by atoms with van der Waals surface area (Å²) in [5.41, 5.74) is 3.57. The highest BCUT2D eigenvalue weighted by Crippen LogP contribution is 2.33. The SMILES string of the molecule is N#CC(c1ccc(C2CCCCC2)cc1)c1cc[nH]c1. The van der Waals surface area contributed by atoms with Gasteiger partial charge in [0.15, 0.2) is 0 Å². The van der Waals surface area contributed by atoms with Crippen molar-refractivity contribution in [2.24, 2.45) is 0 Å². The summed E-state index contributed by atoms with van der Waals surface area (Å²) in [6.45, 7) is 0. The molecule has 1 unspecified atom stereocenters. The van der Waals surface area contributed by atoms with Crippen LogP contribution < -0.4 is 0 Å². The standard InChI is InChI=1S/C18H20N2/c19-12-18(17-10-11-20-13-17)16-8-6-15(7-9-16)14-4-2-1-3-5-14/h6-11,13-14,18,20H,1-5H2. The van der Waals surface area contributed by atoms with Crippen molar-refractivity contribution >= 4 is 0 Å². The van der Waals surface area contributed by atoms with Crippen molar-refractivity contribution in [1.82, 2.24) is 4.98 Å². The lowest BCUT2D eigenvalue weighted by Gasteiger charge is -2.22. The quantitative estimate of drug-likeness (QED) is 0.856. The first kappa shape index (κ1) is 13.0. The Hall–Kier alpha value is -2.01. The van der Waals surface area contributed by atoms with Crippen LogP contribution in [0.1, 0.15) is 60.6 Å². The van der Waals surface area contributed by atoms with E-state index in [1.165, 1.54) is 37.7 Å². The topological polar surface area (TPSA) is 39.6 Å². The van der Waals surface area contributed by atoms with Gasteiger partial charge in [0.2, 0.25) is 0 Å². The minimum atomic E-state index is -0.165. The molecule has 20 heavy (non-hydrogen) atoms. The van der Waals surface area contributed by atoms with Gasteiger partial charge >= 0.3 is 0 Å². The molecule has 102 valence electrons. The Bertz CT molecular complexity index is 569. The summed E-state index contributed by atoms with van der Waals surface area (Å²) in [4.78, 5) is 3.03. The fraction of sp³-hybridized carbons (Fsp3) is 0.389. The van der Waals surface area contributed by atoms with Gasteiger partial charge in [0.05, 0.1) is 12.0 Å². The van der Waals surface area contributed by atoms with E-state index in [4.69, 9.17) is 0 Å². The number of aromatic amines is 1. The van der Waals surface area contributed by atoms with Gasteiger partial charge in [0, 0.05) is 12.4 Å². The van der Waals surface area contributed by atoms with Crippen LogP contribution in [0.2, 0.25) is 0 Å². The lowest BCUT2D eigenvalue weighted by molar-refractivity contribution is 0.443. The van der Waals surface area contributed by atoms with Gasteiger partial charge in [-0.25, -0.2) is 0 Å². The summed E-state index contributed by atoms with van der Waals surface area (Å²) in [6.07, 6.45) is 10.5. The molecular formula is C18H20N2. The summed E-state index contributed by atoms with van der Waals surface area (Å²) >= 11 is 0. The van der Waals surface area contributed by atoms with Crippen molar-refractivity contribution in [2.75, 3.05) is 0 Å². The molecule has 0 bridgehead atoms. The Balaban J connectivity index is 1.80. The Morgan fingerprint density at radius 2 is 1.75 bits per heavy atom. The fourth-order valence-electron chi connectivity index (χ4n) is 3.25. The predicted octanol–water partition coefficient (Wildman–Crippen LogP) is 4.72. The second kappa shape index (κ2) is 5.96. The van der Waals surface area contributed by atoms with Crippen molar-refractivity contribution in [3.05, 3.63) is 59.4 Å². The molecule has 1 aromatic carbocycles. The third kappa shape index (κ3) is 2.63. The van der Waals surface area contributed by atoms with Gasteiger partial charge in [-0.2, -0.15) is 5.26 Å². The highest BCUT2D eigenvalue weighted by molar-refractivity contribution is 5.38. The molecule has 0 aliphatic heterocycles. The molecule has 1 N–H and O–H groups in total. The van der Waals surface area contributed by atoms with E-state index in [2.05, 4.69) is 35.3 Å². The number of hydrogen-bond donors (Lipinski definition) is 1. The zero-order valence-corrected chi connectivity index (χ0v) is 11.7. The van der Waals surface area contributed by atoms with Gasteiger partial charge in [0.25, 0.3) is 0 Å². The highest BCUT2D eigenvalue weighted by atomic mass is 14.6. The Kier molecular flexibility index (Phi) is 3.87. The number of rotatable bonds is 3. The van der Waals surface area contributed by atoms with Crippen LogP contribution >= 0.6 is 0 Å². The zero-order chi connectivity index (χ0) is 13.8. The first-order valence-corrected chi connectivity index (χ1v) is 7.50. The van der Waals surface area contributed by atoms with Gasteiger partial charge in [-0.05, 0) is 41.5 Å². The van der Waals surface area contributed by atoms with Crippen molar-refractivity contribution in [2.45, 2.75) is 43.9 Å². The highest BCUT2D eigenvalue weighted by Gasteiger charge is 2.17. The van der Waals surface area contributed by atoms with Crippen LogP contribution in [0.3, 0.4) is 0 Å². The van der Waals surface area contributed by atoms with Gasteiger partial charge in [-0.1, -0.05) is 43.5 Å². The molecule has 1 aliphatic carbocycles. The number of benzene rings is 1. The second-order valence-electron chi connectivity index (χ2n) is 5.71. The summed E-state index contributed by atoms with van der Waals surface area (Å²) in [6, 6.07) is 13.1. The number of H-pyrrole nitrogens is 1. The average Bonchev–Trinajstić information content (AvgIpc) is 3.04. The van der Waals surface area contributed by atoms with Crippen LogP contribution in [0.25, 0.3) is 0 Å². The number of nitriles is 1. The van der Waals surface area contributed by atoms with E-state index in [0.717, 1.165) is 17.0 Å². The molecule has 1 saturated carbocycles. The van der Waals surface area contributed by atoms with Crippen LogP contribution in [-0.4, -0.2) is 4.98 Å². The van der Waals surface area contributed by atoms with E-state index in [1.54, 1.807) is 0 Å². The summed E-state index contributed by atoms with van der Waals surface area (Å²) in [5, 5.41) is 9.41. The molecule has 1 aromatic heterocycles. The van der Waals surface area contributed by atoms with E-state index < -0.39 is 0 Å². The van der Waals surface area contributed by atoms with Crippen LogP contribution in [0, 0.1) is 11.3 Å². The number of aromatic nitrogens is 1. The normalized spacial score (nSPS) is 17.6. The molecular weight excluding hydrogens is 244 g/mol. The third-order valence-electron chi connectivity index (χ3n) is 4.43. The molecule has 0 amide bonds. The average molecular weight is 264 g/mol. The number of hydrogen-bond acceptors (Lipinski definition) is 1. The molecule has 0 spiro atoms. The summed E-state index contributed by atoms with van der Waals surface area (Å²) < 4.78 is 0. The molecule has 0 radical (unpaired) electrons. The van der Waals surface area contributed by atoms with Gasteiger partial charge in [-0.15, -0.1) is 0 Å². The largest absolute Gasteiger partial charge is 0.367 e. The maximum Gasteiger partial charge on any atom is 0.0977 e. The molecule has 0 saturated heterocycles. The molecule has 2 aromatic rings. The maximum atomic E-state index is 9.41. The lowest BCUT2D eigenvalue weighted by Crippen LogP contribution is -2.05. The van der Waals surface area contributed by atoms with Crippen molar-refractivity contribution < 1.29 is 0 Å². The van der Waals surface area contributed by atoms with Gasteiger partial charge in [0.1, 0.15) is 0 Å². The molecule has 1 atom stereocenters. The lowest BCUT2D eigenvalue weighted by atomic mass is 9.83. The second-order valence-corrected chi connectivity index (χ2v) is 5.71. The van der Waals surface area contributed by atoms with Crippen LogP contribution in [-0.2, 0) is 0 Å². The molecule has 3 rings (SSSR count). The number of nitrogens with zero attached hydrogens (tertiary/aromatic N) is 1. The predicted molar refractivity (Wildman–Crippen MR) is 80.5 cm³/mol. The monoisotopic (exact) mass is 264 g/mol. The maximum absolute atomic E-state index is 9.41. The van der Waals surface area contributed by atoms with Gasteiger partial charge in [-0.3, -0.25) is 0 Å². The van der Waals surface area contributed by atoms with Crippen LogP contribution in [0.15, 0.2) is 42.7 Å². The van der Waals surface area contributed by atoms with Crippen molar-refractivity contribution in [3.8, 4) is 6.07 Å². The molecule has 2 heteroatoms. The van der Waals surface area contributed by atoms with E-state index in [0.29, 0.717) is 0 Å². The summed E-state index contributed by atoms with van der Waals surface area (Å²) in [5.74, 6) is 0.562. The van der Waals surface area contributed by atoms with Crippen molar-refractivity contribution in [3.63, 3.8) is 0 Å². The minimum absolute atomic E-state index is 0.165. The zero-order valence-electron chi connectivity index (χ0n) is 11.7. The van der Waals surface area contributed by atoms with E-state index >= 15 is 0 Å². The Morgan fingerprint density at radius 3 is 2.35 bits per heavy atom. The first-order valence-electron chi connectivity index (χ1n) is 7.50. The molecule has 2 nitrogen and oxygen atoms in total. The number of nitrogens with one attached hydrogen (secondary N) is 1. The van der Waals surface area contributed by atoms with Crippen LogP contribution in [0.4, 0.5) is 0 Å². The van der Waals surface area contributed by atoms with Gasteiger partial charge < -0.3 is 4.98 Å². The van der Waals surface area contributed by atoms with E-state index in [-0.39, 0.29) is 5.92 Å². The first-order chi connectivity index (χ1) is 9.88. The summed E-state index contributed by atoms with van der Waals surface area (Å²) in [7, 11) is 0. The Morgan fingerprint density at radius 1 is 1.00 bits per heavy atom. The van der Waals surface area contributed by atoms with Crippen molar-refractivity contribution in [1.29, 1.82) is 5.26 Å². The third-order valence-corrected chi connectivity index (χ3v) is 4.43. The van der Waals surface area contributed by atoms with E-state index in [1.807, 2.05) is 18.5 Å². The van der Waals surface area contributed by atoms with E-state index in [9.17, 15) is 5.26 Å². The molecule has 1 fully saturated rings. The minimum Gasteiger partial charge on any atom is -0.367 e. The molecule has 1 heterocycles. The molecule has 1 aliphatic rings.